The molecule has 0 radical (unpaired) electrons. The maximum absolute atomic E-state index is 14.4. The van der Waals surface area contributed by atoms with Gasteiger partial charge in [-0.05, 0) is 45.2 Å². The zero-order valence-corrected chi connectivity index (χ0v) is 26.2. The van der Waals surface area contributed by atoms with Crippen LogP contribution in [0, 0.1) is 6.92 Å². The number of carbonyl (C=O) groups excluding carboxylic acids is 1. The monoisotopic (exact) mass is 613 g/mol. The molecule has 1 aromatic carbocycles. The van der Waals surface area contributed by atoms with Gasteiger partial charge in [0.05, 0.1) is 30.1 Å². The maximum Gasteiger partial charge on any atom is 0.333 e. The lowest BCUT2D eigenvalue weighted by atomic mass is 10.0. The molecule has 4 aromatic rings. The van der Waals surface area contributed by atoms with Crippen LogP contribution in [0.2, 0.25) is 0 Å². The van der Waals surface area contributed by atoms with Crippen molar-refractivity contribution in [1.82, 2.24) is 19.0 Å². The van der Waals surface area contributed by atoms with E-state index in [0.29, 0.717) is 51.0 Å². The molecule has 1 saturated heterocycles. The fraction of sp³-hybridized carbons (Fsp3) is 0.448. The number of aryl methyl sites for hydroxylation is 1. The van der Waals surface area contributed by atoms with Gasteiger partial charge in [-0.1, -0.05) is 18.2 Å². The summed E-state index contributed by atoms with van der Waals surface area (Å²) < 4.78 is 31.3. The SMILES string of the molecule is COc1ccccc1C(Cn1c(=O)n(C(C)(C)C(=O)N2CCCC2)c(=O)c2c(C)c(-c3ncco3)sc21)N=S(C)(C)=O. The Morgan fingerprint density at radius 2 is 1.90 bits per heavy atom. The molecule has 5 rings (SSSR count). The second-order valence-corrected chi connectivity index (χ2v) is 14.8. The first-order chi connectivity index (χ1) is 19.8. The van der Waals surface area contributed by atoms with Crippen molar-refractivity contribution in [2.24, 2.45) is 4.36 Å². The standard InChI is InChI=1S/C29H35N5O6S2/c1-18-22-25(35)34(29(2,3)27(36)32-14-9-10-15-32)28(37)33(26(22)41-23(18)24-30-13-16-40-24)17-20(31-42(5,6)38)19-11-7-8-12-21(19)39-4/h7-8,11-13,16,20H,9-10,14-15,17H2,1-6H3. The number of thiophene rings is 1. The number of carbonyl (C=O) groups is 1. The number of ether oxygens (including phenoxy) is 1. The third-order valence-electron chi connectivity index (χ3n) is 7.55. The molecular formula is C29H35N5O6S2. The van der Waals surface area contributed by atoms with E-state index >= 15 is 0 Å². The van der Waals surface area contributed by atoms with Gasteiger partial charge in [-0.25, -0.2) is 18.7 Å². The molecule has 13 heteroatoms. The number of oxazole rings is 1. The molecule has 0 spiro atoms. The first-order valence-corrected chi connectivity index (χ1v) is 16.8. The van der Waals surface area contributed by atoms with Gasteiger partial charge in [-0.2, -0.15) is 0 Å². The lowest BCUT2D eigenvalue weighted by Crippen LogP contribution is -2.56. The van der Waals surface area contributed by atoms with Crippen LogP contribution in [-0.2, 0) is 26.6 Å². The van der Waals surface area contributed by atoms with E-state index in [2.05, 4.69) is 9.35 Å². The molecule has 42 heavy (non-hydrogen) atoms. The van der Waals surface area contributed by atoms with Crippen molar-refractivity contribution in [3.05, 3.63) is 68.7 Å². The number of nitrogens with zero attached hydrogens (tertiary/aromatic N) is 5. The van der Waals surface area contributed by atoms with Gasteiger partial charge in [0.2, 0.25) is 11.8 Å². The average molecular weight is 614 g/mol. The summed E-state index contributed by atoms with van der Waals surface area (Å²) >= 11 is 1.21. The van der Waals surface area contributed by atoms with Crippen LogP contribution in [0.3, 0.4) is 0 Å². The predicted molar refractivity (Wildman–Crippen MR) is 164 cm³/mol. The van der Waals surface area contributed by atoms with Crippen molar-refractivity contribution in [3.8, 4) is 16.5 Å². The minimum absolute atomic E-state index is 0.0480. The number of likely N-dealkylation sites (tertiary alicyclic amines) is 1. The second kappa shape index (κ2) is 11.2. The number of hydrogen-bond acceptors (Lipinski definition) is 9. The van der Waals surface area contributed by atoms with Crippen LogP contribution < -0.4 is 16.0 Å². The highest BCUT2D eigenvalue weighted by Gasteiger charge is 2.39. The molecule has 3 aromatic heterocycles. The van der Waals surface area contributed by atoms with Gasteiger partial charge < -0.3 is 14.1 Å². The molecule has 0 saturated carbocycles. The van der Waals surface area contributed by atoms with E-state index in [1.165, 1.54) is 48.0 Å². The van der Waals surface area contributed by atoms with Crippen molar-refractivity contribution in [1.29, 1.82) is 0 Å². The van der Waals surface area contributed by atoms with Crippen molar-refractivity contribution in [3.63, 3.8) is 0 Å². The lowest BCUT2D eigenvalue weighted by molar-refractivity contribution is -0.138. The molecule has 224 valence electrons. The highest BCUT2D eigenvalue weighted by molar-refractivity contribution is 7.92. The summed E-state index contributed by atoms with van der Waals surface area (Å²) in [5.74, 6) is 0.559. The number of hydrogen-bond donors (Lipinski definition) is 0. The first-order valence-electron chi connectivity index (χ1n) is 13.6. The number of benzene rings is 1. The largest absolute Gasteiger partial charge is 0.496 e. The van der Waals surface area contributed by atoms with E-state index < -0.39 is 32.6 Å². The number of para-hydroxylation sites is 1. The Hall–Kier alpha value is -3.71. The highest BCUT2D eigenvalue weighted by atomic mass is 32.2. The number of fused-ring (bicyclic) bond motifs is 1. The third kappa shape index (κ3) is 5.31. The molecule has 1 aliphatic heterocycles. The van der Waals surface area contributed by atoms with Crippen LogP contribution in [0.15, 0.2) is 55.1 Å². The molecule has 1 unspecified atom stereocenters. The fourth-order valence-electron chi connectivity index (χ4n) is 5.55. The highest BCUT2D eigenvalue weighted by Crippen LogP contribution is 2.37. The fourth-order valence-corrected chi connectivity index (χ4v) is 7.59. The summed E-state index contributed by atoms with van der Waals surface area (Å²) in [7, 11) is -1.10. The summed E-state index contributed by atoms with van der Waals surface area (Å²) in [6.45, 7) is 6.10. The van der Waals surface area contributed by atoms with E-state index in [0.717, 1.165) is 17.4 Å². The van der Waals surface area contributed by atoms with Gasteiger partial charge in [0.25, 0.3) is 5.56 Å². The molecule has 0 N–H and O–H groups in total. The smallest absolute Gasteiger partial charge is 0.333 e. The van der Waals surface area contributed by atoms with E-state index in [4.69, 9.17) is 9.15 Å². The summed E-state index contributed by atoms with van der Waals surface area (Å²) in [6, 6.07) is 6.46. The maximum atomic E-state index is 14.4. The molecule has 0 aliphatic carbocycles. The van der Waals surface area contributed by atoms with Crippen LogP contribution in [0.1, 0.15) is 43.9 Å². The van der Waals surface area contributed by atoms with Gasteiger partial charge >= 0.3 is 5.69 Å². The van der Waals surface area contributed by atoms with Gasteiger partial charge in [0.1, 0.15) is 28.4 Å². The van der Waals surface area contributed by atoms with Gasteiger partial charge in [0, 0.05) is 40.9 Å². The Labute approximate surface area is 247 Å². The number of rotatable bonds is 8. The van der Waals surface area contributed by atoms with Crippen LogP contribution >= 0.6 is 11.3 Å². The number of methoxy groups -OCH3 is 1. The van der Waals surface area contributed by atoms with Crippen LogP contribution in [0.5, 0.6) is 5.75 Å². The zero-order chi connectivity index (χ0) is 30.4. The molecule has 0 bridgehead atoms. The minimum atomic E-state index is -2.64. The number of amides is 1. The molecule has 11 nitrogen and oxygen atoms in total. The molecule has 1 aliphatic rings. The summed E-state index contributed by atoms with van der Waals surface area (Å²) in [5.41, 5.74) is -1.45. The normalized spacial score (nSPS) is 14.9. The van der Waals surface area contributed by atoms with Gasteiger partial charge in [-0.3, -0.25) is 18.4 Å². The van der Waals surface area contributed by atoms with Crippen LogP contribution in [0.4, 0.5) is 0 Å². The Morgan fingerprint density at radius 1 is 1.21 bits per heavy atom. The molecular weight excluding hydrogens is 578 g/mol. The number of aromatic nitrogens is 3. The van der Waals surface area contributed by atoms with Crippen molar-refractivity contribution in [2.75, 3.05) is 32.7 Å². The third-order valence-corrected chi connectivity index (χ3v) is 9.61. The molecule has 1 amide bonds. The summed E-state index contributed by atoms with van der Waals surface area (Å²) in [4.78, 5) is 49.3. The van der Waals surface area contributed by atoms with E-state index in [-0.39, 0.29) is 12.5 Å². The molecule has 1 fully saturated rings. The average Bonchev–Trinajstić information content (AvgIpc) is 3.71. The lowest BCUT2D eigenvalue weighted by Gasteiger charge is -2.31. The first kappa shape index (κ1) is 29.8. The van der Waals surface area contributed by atoms with Crippen molar-refractivity contribution in [2.45, 2.75) is 51.7 Å². The Kier molecular flexibility index (Phi) is 7.92. The van der Waals surface area contributed by atoms with Crippen LogP contribution in [0.25, 0.3) is 21.0 Å². The summed E-state index contributed by atoms with van der Waals surface area (Å²) in [5, 5.41) is 0.294. The van der Waals surface area contributed by atoms with E-state index in [1.54, 1.807) is 31.7 Å². The van der Waals surface area contributed by atoms with E-state index in [1.807, 2.05) is 18.2 Å². The zero-order valence-electron chi connectivity index (χ0n) is 24.6. The molecule has 1 atom stereocenters. The topological polar surface area (TPSA) is 129 Å². The van der Waals surface area contributed by atoms with Crippen molar-refractivity contribution >= 4 is 37.2 Å². The van der Waals surface area contributed by atoms with Crippen LogP contribution in [-0.4, -0.2) is 61.8 Å². The van der Waals surface area contributed by atoms with E-state index in [9.17, 15) is 18.6 Å². The summed E-state index contributed by atoms with van der Waals surface area (Å²) in [6.07, 6.45) is 7.76. The Morgan fingerprint density at radius 3 is 2.52 bits per heavy atom. The van der Waals surface area contributed by atoms with Gasteiger partial charge in [0.15, 0.2) is 0 Å². The minimum Gasteiger partial charge on any atom is -0.496 e. The second-order valence-electron chi connectivity index (χ2n) is 11.2. The quantitative estimate of drug-likeness (QED) is 0.294. The van der Waals surface area contributed by atoms with Crippen molar-refractivity contribution < 1.29 is 18.2 Å². The molecule has 4 heterocycles. The van der Waals surface area contributed by atoms with Gasteiger partial charge in [-0.15, -0.1) is 11.3 Å². The Balaban J connectivity index is 1.82. The predicted octanol–water partition coefficient (Wildman–Crippen LogP) is 4.02. The Bertz CT molecular complexity index is 1880.